The van der Waals surface area contributed by atoms with E-state index >= 15 is 0 Å². The van der Waals surface area contributed by atoms with Gasteiger partial charge in [0.25, 0.3) is 0 Å². The van der Waals surface area contributed by atoms with Gasteiger partial charge in [0.1, 0.15) is 6.54 Å². The minimum Gasteiger partial charge on any atom is -0.339 e. The van der Waals surface area contributed by atoms with E-state index in [1.807, 2.05) is 20.8 Å². The third kappa shape index (κ3) is 2.20. The van der Waals surface area contributed by atoms with Gasteiger partial charge in [-0.2, -0.15) is 4.98 Å². The summed E-state index contributed by atoms with van der Waals surface area (Å²) in [7, 11) is 0. The second kappa shape index (κ2) is 3.45. The van der Waals surface area contributed by atoms with Gasteiger partial charge in [0.15, 0.2) is 5.82 Å². The molecule has 0 N–H and O–H groups in total. The summed E-state index contributed by atoms with van der Waals surface area (Å²) in [5.41, 5.74) is -0.117. The van der Waals surface area contributed by atoms with Crippen LogP contribution in [0.15, 0.2) is 16.9 Å². The van der Waals surface area contributed by atoms with Crippen LogP contribution in [-0.4, -0.2) is 25.1 Å². The molecule has 2 aromatic rings. The van der Waals surface area contributed by atoms with Crippen molar-refractivity contribution in [1.29, 1.82) is 0 Å². The SMILES string of the molecule is CC(C)(C)c1nc(Cn2ccnn2)no1. The maximum absolute atomic E-state index is 5.16. The zero-order valence-electron chi connectivity index (χ0n) is 9.01. The largest absolute Gasteiger partial charge is 0.339 e. The number of aromatic nitrogens is 5. The minimum absolute atomic E-state index is 0.117. The van der Waals surface area contributed by atoms with E-state index in [2.05, 4.69) is 20.5 Å². The van der Waals surface area contributed by atoms with Crippen molar-refractivity contribution in [2.24, 2.45) is 0 Å². The van der Waals surface area contributed by atoms with Crippen molar-refractivity contribution in [1.82, 2.24) is 25.1 Å². The molecular formula is C9H13N5O. The van der Waals surface area contributed by atoms with Gasteiger partial charge in [-0.3, -0.25) is 0 Å². The van der Waals surface area contributed by atoms with E-state index in [0.717, 1.165) is 0 Å². The van der Waals surface area contributed by atoms with Gasteiger partial charge >= 0.3 is 0 Å². The minimum atomic E-state index is -0.117. The summed E-state index contributed by atoms with van der Waals surface area (Å²) in [6, 6.07) is 0. The molecular weight excluding hydrogens is 194 g/mol. The van der Waals surface area contributed by atoms with E-state index < -0.39 is 0 Å². The Bertz CT molecular complexity index is 426. The first-order valence-corrected chi connectivity index (χ1v) is 4.73. The highest BCUT2D eigenvalue weighted by molar-refractivity contribution is 4.98. The lowest BCUT2D eigenvalue weighted by atomic mass is 9.97. The lowest BCUT2D eigenvalue weighted by Crippen LogP contribution is -2.12. The van der Waals surface area contributed by atoms with Gasteiger partial charge in [-0.15, -0.1) is 5.10 Å². The number of rotatable bonds is 2. The third-order valence-corrected chi connectivity index (χ3v) is 1.89. The lowest BCUT2D eigenvalue weighted by Gasteiger charge is -2.10. The summed E-state index contributed by atoms with van der Waals surface area (Å²) in [4.78, 5) is 4.29. The Labute approximate surface area is 87.3 Å². The van der Waals surface area contributed by atoms with Gasteiger partial charge in [0.2, 0.25) is 5.89 Å². The zero-order valence-corrected chi connectivity index (χ0v) is 9.01. The first kappa shape index (κ1) is 9.82. The van der Waals surface area contributed by atoms with Gasteiger partial charge < -0.3 is 4.52 Å². The molecule has 15 heavy (non-hydrogen) atoms. The Morgan fingerprint density at radius 3 is 2.73 bits per heavy atom. The topological polar surface area (TPSA) is 69.6 Å². The van der Waals surface area contributed by atoms with Crippen molar-refractivity contribution in [3.8, 4) is 0 Å². The van der Waals surface area contributed by atoms with E-state index in [0.29, 0.717) is 18.3 Å². The number of hydrogen-bond donors (Lipinski definition) is 0. The molecule has 0 aromatic carbocycles. The second-order valence-electron chi connectivity index (χ2n) is 4.37. The van der Waals surface area contributed by atoms with Gasteiger partial charge in [-0.25, -0.2) is 4.68 Å². The van der Waals surface area contributed by atoms with Crippen LogP contribution in [0.25, 0.3) is 0 Å². The van der Waals surface area contributed by atoms with Crippen LogP contribution in [0, 0.1) is 0 Å². The van der Waals surface area contributed by atoms with Crippen LogP contribution < -0.4 is 0 Å². The van der Waals surface area contributed by atoms with E-state index in [-0.39, 0.29) is 5.41 Å². The average molecular weight is 207 g/mol. The van der Waals surface area contributed by atoms with Crippen molar-refractivity contribution < 1.29 is 4.52 Å². The first-order valence-electron chi connectivity index (χ1n) is 4.73. The molecule has 0 aliphatic heterocycles. The molecule has 80 valence electrons. The summed E-state index contributed by atoms with van der Waals surface area (Å²) in [6.07, 6.45) is 3.37. The van der Waals surface area contributed by atoms with Crippen molar-refractivity contribution >= 4 is 0 Å². The van der Waals surface area contributed by atoms with Crippen LogP contribution in [-0.2, 0) is 12.0 Å². The van der Waals surface area contributed by atoms with Gasteiger partial charge in [-0.1, -0.05) is 31.1 Å². The average Bonchev–Trinajstić information content (AvgIpc) is 2.73. The molecule has 2 rings (SSSR count). The van der Waals surface area contributed by atoms with E-state index in [9.17, 15) is 0 Å². The number of nitrogens with zero attached hydrogens (tertiary/aromatic N) is 5. The van der Waals surface area contributed by atoms with Crippen LogP contribution in [0.2, 0.25) is 0 Å². The summed E-state index contributed by atoms with van der Waals surface area (Å²) in [5.74, 6) is 1.25. The summed E-state index contributed by atoms with van der Waals surface area (Å²) in [6.45, 7) is 6.57. The lowest BCUT2D eigenvalue weighted by molar-refractivity contribution is 0.317. The molecule has 0 fully saturated rings. The summed E-state index contributed by atoms with van der Waals surface area (Å²) < 4.78 is 6.81. The molecule has 6 heteroatoms. The predicted octanol–water partition coefficient (Wildman–Crippen LogP) is 1.01. The predicted molar refractivity (Wildman–Crippen MR) is 52.1 cm³/mol. The molecule has 0 saturated carbocycles. The molecule has 0 amide bonds. The fraction of sp³-hybridized carbons (Fsp3) is 0.556. The van der Waals surface area contributed by atoms with Crippen LogP contribution in [0.5, 0.6) is 0 Å². The normalized spacial score (nSPS) is 11.9. The fourth-order valence-corrected chi connectivity index (χ4v) is 1.08. The maximum Gasteiger partial charge on any atom is 0.232 e. The van der Waals surface area contributed by atoms with Gasteiger partial charge in [0.05, 0.1) is 6.20 Å². The van der Waals surface area contributed by atoms with Gasteiger partial charge in [-0.05, 0) is 0 Å². The summed E-state index contributed by atoms with van der Waals surface area (Å²) in [5, 5.41) is 11.4. The standard InChI is InChI=1S/C9H13N5O/c1-9(2,3)8-11-7(12-15-8)6-14-5-4-10-13-14/h4-5H,6H2,1-3H3. The Morgan fingerprint density at radius 2 is 2.20 bits per heavy atom. The zero-order chi connectivity index (χ0) is 10.9. The fourth-order valence-electron chi connectivity index (χ4n) is 1.08. The highest BCUT2D eigenvalue weighted by Crippen LogP contribution is 2.19. The molecule has 0 atom stereocenters. The monoisotopic (exact) mass is 207 g/mol. The number of hydrogen-bond acceptors (Lipinski definition) is 5. The molecule has 0 aliphatic rings. The van der Waals surface area contributed by atoms with Crippen molar-refractivity contribution in [2.75, 3.05) is 0 Å². The molecule has 2 heterocycles. The van der Waals surface area contributed by atoms with E-state index in [4.69, 9.17) is 4.52 Å². The van der Waals surface area contributed by atoms with Crippen LogP contribution >= 0.6 is 0 Å². The summed E-state index contributed by atoms with van der Waals surface area (Å²) >= 11 is 0. The van der Waals surface area contributed by atoms with Crippen LogP contribution in [0.4, 0.5) is 0 Å². The highest BCUT2D eigenvalue weighted by Gasteiger charge is 2.21. The van der Waals surface area contributed by atoms with Crippen molar-refractivity contribution in [3.05, 3.63) is 24.1 Å². The third-order valence-electron chi connectivity index (χ3n) is 1.89. The molecule has 0 radical (unpaired) electrons. The molecule has 0 saturated heterocycles. The van der Waals surface area contributed by atoms with Gasteiger partial charge in [0, 0.05) is 11.6 Å². The Kier molecular flexibility index (Phi) is 2.26. The van der Waals surface area contributed by atoms with E-state index in [1.54, 1.807) is 17.1 Å². The molecule has 0 unspecified atom stereocenters. The Hall–Kier alpha value is -1.72. The quantitative estimate of drug-likeness (QED) is 0.735. The van der Waals surface area contributed by atoms with E-state index in [1.165, 1.54) is 0 Å². The first-order chi connectivity index (χ1) is 7.05. The molecule has 6 nitrogen and oxygen atoms in total. The maximum atomic E-state index is 5.16. The highest BCUT2D eigenvalue weighted by atomic mass is 16.5. The van der Waals surface area contributed by atoms with Crippen LogP contribution in [0.3, 0.4) is 0 Å². The molecule has 0 spiro atoms. The van der Waals surface area contributed by atoms with Crippen molar-refractivity contribution in [3.63, 3.8) is 0 Å². The Morgan fingerprint density at radius 1 is 1.40 bits per heavy atom. The second-order valence-corrected chi connectivity index (χ2v) is 4.37. The Balaban J connectivity index is 2.15. The smallest absolute Gasteiger partial charge is 0.232 e. The van der Waals surface area contributed by atoms with Crippen molar-refractivity contribution in [2.45, 2.75) is 32.7 Å². The van der Waals surface area contributed by atoms with Crippen LogP contribution in [0.1, 0.15) is 32.5 Å². The molecule has 2 aromatic heterocycles. The molecule has 0 bridgehead atoms. The molecule has 0 aliphatic carbocycles.